The quantitative estimate of drug-likeness (QED) is 0.720. The zero-order valence-electron chi connectivity index (χ0n) is 13.0. The van der Waals surface area contributed by atoms with Crippen LogP contribution in [0.25, 0.3) is 5.65 Å². The van der Waals surface area contributed by atoms with E-state index >= 15 is 0 Å². The maximum atomic E-state index is 13.0. The van der Waals surface area contributed by atoms with Crippen molar-refractivity contribution in [2.45, 2.75) is 19.4 Å². The third-order valence-corrected chi connectivity index (χ3v) is 5.70. The van der Waals surface area contributed by atoms with Gasteiger partial charge in [0.25, 0.3) is 5.91 Å². The van der Waals surface area contributed by atoms with E-state index in [0.29, 0.717) is 24.2 Å². The van der Waals surface area contributed by atoms with E-state index < -0.39 is 5.97 Å². The number of carbonyl (C=O) groups excluding carboxylic acids is 1. The number of rotatable bonds is 2. The van der Waals surface area contributed by atoms with Gasteiger partial charge in [0.05, 0.1) is 17.8 Å². The second kappa shape index (κ2) is 6.68. The molecule has 0 saturated carbocycles. The minimum absolute atomic E-state index is 0. The number of amides is 1. The first kappa shape index (κ1) is 17.7. The molecule has 0 saturated heterocycles. The molecule has 0 unspecified atom stereocenters. The predicted molar refractivity (Wildman–Crippen MR) is 96.8 cm³/mol. The fourth-order valence-corrected chi connectivity index (χ4v) is 4.43. The van der Waals surface area contributed by atoms with E-state index in [9.17, 15) is 14.7 Å². The summed E-state index contributed by atoms with van der Waals surface area (Å²) < 4.78 is 1.78. The van der Waals surface area contributed by atoms with Crippen molar-refractivity contribution in [3.63, 3.8) is 0 Å². The molecule has 4 rings (SSSR count). The number of hydrogen-bond acceptors (Lipinski definition) is 4. The van der Waals surface area contributed by atoms with Gasteiger partial charge in [0.2, 0.25) is 0 Å². The van der Waals surface area contributed by atoms with Crippen LogP contribution in [0.15, 0.2) is 36.0 Å². The standard InChI is InChI=1S/C17H15N3O3S.Li.H/c1-10-15-11(12(9-24-15)17(22)23)5-7-19(10)16(21)13-8-18-14-4-2-3-6-20(13)14;;/h2-4,6,8-10H,5,7H2,1H3,(H,22,23);;/t10-;;/m1../s1. The van der Waals surface area contributed by atoms with Crippen LogP contribution in [0.1, 0.15) is 44.3 Å². The van der Waals surface area contributed by atoms with Gasteiger partial charge in [-0.15, -0.1) is 11.3 Å². The molecule has 0 bridgehead atoms. The first-order chi connectivity index (χ1) is 11.6. The Kier molecular flexibility index (Phi) is 4.74. The van der Waals surface area contributed by atoms with Crippen molar-refractivity contribution in [2.75, 3.05) is 6.54 Å². The SMILES string of the molecule is C[C@@H]1c2scc(C(=O)O)c2CCN1C(=O)c1cnc2ccccn12.[LiH]. The monoisotopic (exact) mass is 349 g/mol. The first-order valence-corrected chi connectivity index (χ1v) is 8.52. The zero-order valence-corrected chi connectivity index (χ0v) is 13.8. The summed E-state index contributed by atoms with van der Waals surface area (Å²) in [5.74, 6) is -0.988. The van der Waals surface area contributed by atoms with E-state index in [4.69, 9.17) is 0 Å². The van der Waals surface area contributed by atoms with Crippen molar-refractivity contribution in [3.05, 3.63) is 57.7 Å². The van der Waals surface area contributed by atoms with Gasteiger partial charge in [-0.25, -0.2) is 9.78 Å². The first-order valence-electron chi connectivity index (χ1n) is 7.64. The van der Waals surface area contributed by atoms with Gasteiger partial charge >= 0.3 is 24.8 Å². The average Bonchev–Trinajstić information content (AvgIpc) is 3.19. The Bertz CT molecular complexity index is 965. The number of nitrogens with zero attached hydrogens (tertiary/aromatic N) is 3. The van der Waals surface area contributed by atoms with Crippen LogP contribution >= 0.6 is 11.3 Å². The molecule has 6 nitrogen and oxygen atoms in total. The molecule has 0 aliphatic carbocycles. The van der Waals surface area contributed by atoms with Crippen molar-refractivity contribution < 1.29 is 14.7 Å². The number of imidazole rings is 1. The number of thiophene rings is 1. The normalized spacial score (nSPS) is 16.4. The Labute approximate surface area is 160 Å². The fraction of sp³-hybridized carbons (Fsp3) is 0.235. The minimum atomic E-state index is -0.902. The Morgan fingerprint density at radius 3 is 2.92 bits per heavy atom. The number of hydrogen-bond donors (Lipinski definition) is 1. The van der Waals surface area contributed by atoms with E-state index in [1.807, 2.05) is 31.3 Å². The molecule has 4 heterocycles. The molecule has 1 amide bonds. The summed E-state index contributed by atoms with van der Waals surface area (Å²) in [7, 11) is 0. The number of fused-ring (bicyclic) bond motifs is 2. The van der Waals surface area contributed by atoms with Gasteiger partial charge in [-0.05, 0) is 31.0 Å². The molecule has 0 fully saturated rings. The van der Waals surface area contributed by atoms with E-state index in [-0.39, 0.29) is 30.8 Å². The summed E-state index contributed by atoms with van der Waals surface area (Å²) in [6.07, 6.45) is 3.98. The third-order valence-electron chi connectivity index (χ3n) is 4.50. The Morgan fingerprint density at radius 1 is 1.36 bits per heavy atom. The van der Waals surface area contributed by atoms with Crippen LogP contribution in [-0.4, -0.2) is 56.7 Å². The molecule has 3 aromatic heterocycles. The second-order valence-corrected chi connectivity index (χ2v) is 6.71. The van der Waals surface area contributed by atoms with E-state index in [1.165, 1.54) is 11.3 Å². The summed E-state index contributed by atoms with van der Waals surface area (Å²) in [6, 6.07) is 5.45. The van der Waals surface area contributed by atoms with Gasteiger partial charge in [-0.2, -0.15) is 0 Å². The molecule has 1 atom stereocenters. The molecule has 0 spiro atoms. The van der Waals surface area contributed by atoms with Gasteiger partial charge in [-0.1, -0.05) is 6.07 Å². The molecule has 3 aromatic rings. The van der Waals surface area contributed by atoms with Gasteiger partial charge in [0.15, 0.2) is 0 Å². The zero-order chi connectivity index (χ0) is 16.8. The third kappa shape index (κ3) is 2.78. The summed E-state index contributed by atoms with van der Waals surface area (Å²) in [6.45, 7) is 2.45. The number of pyridine rings is 1. The predicted octanol–water partition coefficient (Wildman–Crippen LogP) is 2.21. The molecule has 0 radical (unpaired) electrons. The molecular weight excluding hydrogens is 333 g/mol. The summed E-state index contributed by atoms with van der Waals surface area (Å²) >= 11 is 1.41. The number of carboxylic acid groups (broad SMARTS) is 1. The fourth-order valence-electron chi connectivity index (χ4n) is 3.27. The summed E-state index contributed by atoms with van der Waals surface area (Å²) in [5, 5.41) is 10.9. The maximum absolute atomic E-state index is 13.0. The number of carboxylic acids is 1. The average molecular weight is 349 g/mol. The molecular formula is C17H16LiN3O3S. The van der Waals surface area contributed by atoms with Gasteiger partial charge in [-0.3, -0.25) is 9.20 Å². The molecule has 1 N–H and O–H groups in total. The van der Waals surface area contributed by atoms with E-state index in [1.54, 1.807) is 20.9 Å². The van der Waals surface area contributed by atoms with Crippen molar-refractivity contribution in [1.82, 2.24) is 14.3 Å². The number of carbonyl (C=O) groups is 2. The van der Waals surface area contributed by atoms with Crippen molar-refractivity contribution in [2.24, 2.45) is 0 Å². The number of aromatic nitrogens is 2. The van der Waals surface area contributed by atoms with Gasteiger partial charge in [0, 0.05) is 23.0 Å². The Hall–Kier alpha value is -2.07. The van der Waals surface area contributed by atoms with Crippen molar-refractivity contribution in [1.29, 1.82) is 0 Å². The summed E-state index contributed by atoms with van der Waals surface area (Å²) in [5.41, 5.74) is 2.48. The molecule has 8 heteroatoms. The topological polar surface area (TPSA) is 74.9 Å². The van der Waals surface area contributed by atoms with Crippen LogP contribution in [0, 0.1) is 0 Å². The van der Waals surface area contributed by atoms with E-state index in [2.05, 4.69) is 4.98 Å². The Balaban J connectivity index is 0.00000182. The van der Waals surface area contributed by atoms with Gasteiger partial charge in [0.1, 0.15) is 11.3 Å². The summed E-state index contributed by atoms with van der Waals surface area (Å²) in [4.78, 5) is 31.3. The van der Waals surface area contributed by atoms with Crippen LogP contribution in [0.4, 0.5) is 0 Å². The van der Waals surface area contributed by atoms with Crippen LogP contribution in [0.2, 0.25) is 0 Å². The van der Waals surface area contributed by atoms with E-state index in [0.717, 1.165) is 16.1 Å². The van der Waals surface area contributed by atoms with Crippen molar-refractivity contribution in [3.8, 4) is 0 Å². The van der Waals surface area contributed by atoms with Crippen molar-refractivity contribution >= 4 is 47.7 Å². The molecule has 124 valence electrons. The molecule has 25 heavy (non-hydrogen) atoms. The number of aromatic carboxylic acids is 1. The molecule has 0 aromatic carbocycles. The molecule has 1 aliphatic heterocycles. The second-order valence-electron chi connectivity index (χ2n) is 5.79. The van der Waals surface area contributed by atoms with Crippen LogP contribution < -0.4 is 0 Å². The van der Waals surface area contributed by atoms with Crippen LogP contribution in [0.3, 0.4) is 0 Å². The van der Waals surface area contributed by atoms with Crippen LogP contribution in [-0.2, 0) is 6.42 Å². The van der Waals surface area contributed by atoms with Gasteiger partial charge < -0.3 is 10.0 Å². The Morgan fingerprint density at radius 2 is 2.16 bits per heavy atom. The van der Waals surface area contributed by atoms with Crippen LogP contribution in [0.5, 0.6) is 0 Å². The molecule has 1 aliphatic rings.